The minimum Gasteiger partial charge on any atom is -0.481 e. The van der Waals surface area contributed by atoms with Crippen LogP contribution in [0.5, 0.6) is 0 Å². The fourth-order valence-electron chi connectivity index (χ4n) is 10.4. The number of aliphatic carboxylic acids is 1. The zero-order valence-electron chi connectivity index (χ0n) is 22.6. The Hall–Kier alpha value is -1.20. The molecule has 198 valence electrons. The highest BCUT2D eigenvalue weighted by Crippen LogP contribution is 2.87. The zero-order chi connectivity index (χ0) is 25.9. The Labute approximate surface area is 211 Å². The van der Waals surface area contributed by atoms with Gasteiger partial charge in [-0.1, -0.05) is 26.8 Å². The molecule has 1 spiro atoms. The maximum Gasteiger partial charge on any atom is 0.303 e. The van der Waals surface area contributed by atoms with Crippen LogP contribution in [0.2, 0.25) is 0 Å². The lowest BCUT2D eigenvalue weighted by atomic mass is 9.43. The molecule has 0 aromatic heterocycles. The highest BCUT2D eigenvalue weighted by Gasteiger charge is 2.81. The number of fused-ring (bicyclic) bond motifs is 2. The highest BCUT2D eigenvalue weighted by atomic mass is 16.4. The lowest BCUT2D eigenvalue weighted by molar-refractivity contribution is -0.159. The molecule has 3 N–H and O–H groups in total. The number of rotatable bonds is 10. The van der Waals surface area contributed by atoms with E-state index in [1.54, 1.807) is 6.92 Å². The van der Waals surface area contributed by atoms with Gasteiger partial charge >= 0.3 is 5.97 Å². The summed E-state index contributed by atoms with van der Waals surface area (Å²) >= 11 is 0. The van der Waals surface area contributed by atoms with E-state index in [4.69, 9.17) is 0 Å². The highest BCUT2D eigenvalue weighted by molar-refractivity contribution is 5.71. The van der Waals surface area contributed by atoms with Gasteiger partial charge in [0, 0.05) is 6.42 Å². The minimum atomic E-state index is -1.16. The molecule has 4 rings (SSSR count). The molecule has 0 heterocycles. The number of aldehydes is 1. The van der Waals surface area contributed by atoms with E-state index in [1.165, 1.54) is 19.3 Å². The van der Waals surface area contributed by atoms with Crippen LogP contribution in [0.3, 0.4) is 0 Å². The van der Waals surface area contributed by atoms with Crippen LogP contribution in [0.4, 0.5) is 0 Å². The van der Waals surface area contributed by atoms with Gasteiger partial charge in [0.05, 0.1) is 12.2 Å². The summed E-state index contributed by atoms with van der Waals surface area (Å²) in [7, 11) is 0. The van der Waals surface area contributed by atoms with Crippen LogP contribution in [0.1, 0.15) is 105 Å². The molecule has 4 saturated carbocycles. The van der Waals surface area contributed by atoms with Crippen molar-refractivity contribution in [2.75, 3.05) is 6.61 Å². The summed E-state index contributed by atoms with van der Waals surface area (Å²) < 4.78 is 0. The van der Waals surface area contributed by atoms with Crippen molar-refractivity contribution in [2.24, 2.45) is 45.3 Å². The van der Waals surface area contributed by atoms with Gasteiger partial charge in [-0.05, 0) is 129 Å². The average molecular weight is 489 g/mol. The van der Waals surface area contributed by atoms with Crippen molar-refractivity contribution in [3.63, 3.8) is 0 Å². The van der Waals surface area contributed by atoms with Gasteiger partial charge in [0.1, 0.15) is 6.29 Å². The van der Waals surface area contributed by atoms with E-state index in [9.17, 15) is 24.9 Å². The largest absolute Gasteiger partial charge is 0.481 e. The summed E-state index contributed by atoms with van der Waals surface area (Å²) in [5, 5.41) is 30.8. The maximum atomic E-state index is 11.6. The molecule has 0 bridgehead atoms. The van der Waals surface area contributed by atoms with E-state index < -0.39 is 11.6 Å². The quantitative estimate of drug-likeness (QED) is 0.268. The number of hydrogen-bond donors (Lipinski definition) is 3. The molecule has 0 saturated heterocycles. The molecule has 0 amide bonds. The number of allylic oxidation sites excluding steroid dienone is 2. The summed E-state index contributed by atoms with van der Waals surface area (Å²) in [6.45, 7) is 10.8. The van der Waals surface area contributed by atoms with Gasteiger partial charge in [-0.3, -0.25) is 9.59 Å². The molecular formula is C30H48O5. The van der Waals surface area contributed by atoms with Crippen LogP contribution in [-0.2, 0) is 9.59 Å². The summed E-state index contributed by atoms with van der Waals surface area (Å²) in [5.74, 6) is 1.04. The number of carboxylic acids is 1. The third kappa shape index (κ3) is 3.86. The first-order valence-electron chi connectivity index (χ1n) is 14.0. The molecule has 0 aromatic carbocycles. The van der Waals surface area contributed by atoms with Gasteiger partial charge in [-0.15, -0.1) is 0 Å². The topological polar surface area (TPSA) is 94.8 Å². The van der Waals surface area contributed by atoms with E-state index in [1.807, 2.05) is 6.92 Å². The van der Waals surface area contributed by atoms with Crippen LogP contribution in [-0.4, -0.2) is 39.8 Å². The van der Waals surface area contributed by atoms with E-state index in [2.05, 4.69) is 26.8 Å². The number of carboxylic acid groups (broad SMARTS) is 1. The predicted molar refractivity (Wildman–Crippen MR) is 137 cm³/mol. The lowest BCUT2D eigenvalue weighted by Gasteiger charge is -2.61. The Morgan fingerprint density at radius 2 is 1.86 bits per heavy atom. The Morgan fingerprint density at radius 1 is 1.14 bits per heavy atom. The predicted octanol–water partition coefficient (Wildman–Crippen LogP) is 5.78. The summed E-state index contributed by atoms with van der Waals surface area (Å²) in [4.78, 5) is 22.6. The van der Waals surface area contributed by atoms with Gasteiger partial charge in [0.2, 0.25) is 0 Å². The first-order valence-corrected chi connectivity index (χ1v) is 14.0. The molecule has 0 radical (unpaired) electrons. The maximum absolute atomic E-state index is 11.6. The molecule has 5 heteroatoms. The second-order valence-corrected chi connectivity index (χ2v) is 13.7. The van der Waals surface area contributed by atoms with Gasteiger partial charge in [-0.25, -0.2) is 0 Å². The Morgan fingerprint density at radius 3 is 2.49 bits per heavy atom. The summed E-state index contributed by atoms with van der Waals surface area (Å²) in [6.07, 6.45) is 13.6. The van der Waals surface area contributed by atoms with Crippen molar-refractivity contribution in [3.05, 3.63) is 11.6 Å². The number of carbonyl (C=O) groups excluding carboxylic acids is 1. The molecule has 4 aliphatic rings. The third-order valence-corrected chi connectivity index (χ3v) is 12.3. The fourth-order valence-corrected chi connectivity index (χ4v) is 10.4. The first kappa shape index (κ1) is 26.9. The zero-order valence-corrected chi connectivity index (χ0v) is 22.6. The van der Waals surface area contributed by atoms with Crippen molar-refractivity contribution < 1.29 is 24.9 Å². The van der Waals surface area contributed by atoms with Crippen molar-refractivity contribution in [2.45, 2.75) is 111 Å². The van der Waals surface area contributed by atoms with Gasteiger partial charge in [0.15, 0.2) is 0 Å². The second-order valence-electron chi connectivity index (χ2n) is 13.7. The van der Waals surface area contributed by atoms with Gasteiger partial charge in [-0.2, -0.15) is 0 Å². The van der Waals surface area contributed by atoms with Gasteiger partial charge < -0.3 is 15.3 Å². The molecule has 9 atom stereocenters. The second kappa shape index (κ2) is 8.97. The van der Waals surface area contributed by atoms with Crippen molar-refractivity contribution in [1.29, 1.82) is 0 Å². The number of carbonyl (C=O) groups is 2. The van der Waals surface area contributed by atoms with Crippen LogP contribution < -0.4 is 0 Å². The number of aliphatic hydroxyl groups excluding tert-OH is 1. The minimum absolute atomic E-state index is 0.0347. The molecule has 35 heavy (non-hydrogen) atoms. The fraction of sp³-hybridized carbons (Fsp3) is 0.867. The van der Waals surface area contributed by atoms with Crippen molar-refractivity contribution >= 4 is 12.3 Å². The molecule has 0 aliphatic heterocycles. The van der Waals surface area contributed by atoms with Crippen molar-refractivity contribution in [1.82, 2.24) is 0 Å². The van der Waals surface area contributed by atoms with Crippen LogP contribution in [0, 0.1) is 45.3 Å². The molecule has 0 unspecified atom stereocenters. The van der Waals surface area contributed by atoms with Crippen LogP contribution >= 0.6 is 0 Å². The van der Waals surface area contributed by atoms with Crippen LogP contribution in [0.15, 0.2) is 11.6 Å². The standard InChI is InChI=1S/C30H48O5/c1-20(17-31)7-6-8-21(2)22-11-13-27(4)23-9-10-24(28(5,35)19-32)29(14-12-25(33)34)18-30(23,29)16-15-26(22,27)3/h7,17,21-24,32,35H,6,8-16,18-19H2,1-5H3,(H,33,34)/b20-7+/t21-,22-,23+,24+,26-,27+,28+,29-,30+/m1/s1. The Kier molecular flexibility index (Phi) is 6.88. The van der Waals surface area contributed by atoms with Gasteiger partial charge in [0.25, 0.3) is 0 Å². The average Bonchev–Trinajstić information content (AvgIpc) is 3.40. The van der Waals surface area contributed by atoms with Crippen LogP contribution in [0.25, 0.3) is 0 Å². The molecule has 4 aliphatic carbocycles. The SMILES string of the molecule is C/C(C=O)=C\CC[C@@H](C)[C@H]1CC[C@@]2(C)[C@@H]3CC[C@@H]([C@@](C)(O)CO)[C@@]4(CCC(=O)O)C[C@@]34CC[C@]12C. The summed E-state index contributed by atoms with van der Waals surface area (Å²) in [5.41, 5.74) is 0.0983. The van der Waals surface area contributed by atoms with E-state index in [0.717, 1.165) is 50.4 Å². The number of hydrogen-bond acceptors (Lipinski definition) is 4. The molecule has 0 aromatic rings. The first-order chi connectivity index (χ1) is 16.3. The third-order valence-electron chi connectivity index (χ3n) is 12.3. The molecule has 4 fully saturated rings. The molecular weight excluding hydrogens is 440 g/mol. The Bertz CT molecular complexity index is 878. The summed E-state index contributed by atoms with van der Waals surface area (Å²) in [6, 6.07) is 0. The molecule has 5 nitrogen and oxygen atoms in total. The monoisotopic (exact) mass is 488 g/mol. The van der Waals surface area contributed by atoms with Crippen molar-refractivity contribution in [3.8, 4) is 0 Å². The smallest absolute Gasteiger partial charge is 0.303 e. The van der Waals surface area contributed by atoms with E-state index in [-0.39, 0.29) is 40.6 Å². The Balaban J connectivity index is 1.60. The number of aliphatic hydroxyl groups is 2. The normalized spacial score (nSPS) is 45.0. The van der Waals surface area contributed by atoms with E-state index in [0.29, 0.717) is 24.2 Å². The van der Waals surface area contributed by atoms with E-state index >= 15 is 0 Å². The lowest BCUT2D eigenvalue weighted by Crippen LogP contribution is -2.57.